The summed E-state index contributed by atoms with van der Waals surface area (Å²) in [6, 6.07) is 12.4. The van der Waals surface area contributed by atoms with Crippen molar-refractivity contribution in [2.75, 3.05) is 5.32 Å². The summed E-state index contributed by atoms with van der Waals surface area (Å²) >= 11 is 3.53. The van der Waals surface area contributed by atoms with Crippen LogP contribution in [0.2, 0.25) is 0 Å². The van der Waals surface area contributed by atoms with Gasteiger partial charge in [-0.2, -0.15) is 0 Å². The van der Waals surface area contributed by atoms with Gasteiger partial charge >= 0.3 is 0 Å². The maximum Gasteiger partial charge on any atom is 0.134 e. The van der Waals surface area contributed by atoms with Crippen LogP contribution in [0.4, 0.5) is 5.69 Å². The first-order chi connectivity index (χ1) is 9.65. The Kier molecular flexibility index (Phi) is 3.53. The molecule has 3 heteroatoms. The Morgan fingerprint density at radius 2 is 1.80 bits per heavy atom. The minimum atomic E-state index is 0.764. The van der Waals surface area contributed by atoms with Gasteiger partial charge in [-0.3, -0.25) is 0 Å². The lowest BCUT2D eigenvalue weighted by Crippen LogP contribution is -2.02. The van der Waals surface area contributed by atoms with Crippen molar-refractivity contribution in [1.29, 1.82) is 0 Å². The summed E-state index contributed by atoms with van der Waals surface area (Å²) in [5.74, 6) is 0. The molecule has 1 aromatic heterocycles. The van der Waals surface area contributed by atoms with Crippen LogP contribution in [-0.2, 0) is 6.54 Å². The van der Waals surface area contributed by atoms with E-state index < -0.39 is 0 Å². The standard InChI is InChI=1S/C17H16BrNO/c1-11-7-14(18)8-12(2)17(11)19-9-13-10-20-16-6-4-3-5-15(13)16/h3-8,10,19H,9H2,1-2H3. The van der Waals surface area contributed by atoms with Crippen molar-refractivity contribution in [2.24, 2.45) is 0 Å². The number of nitrogens with one attached hydrogen (secondary N) is 1. The fourth-order valence-electron chi connectivity index (χ4n) is 2.54. The average molecular weight is 330 g/mol. The van der Waals surface area contributed by atoms with Crippen LogP contribution < -0.4 is 5.32 Å². The Balaban J connectivity index is 1.87. The molecule has 0 aliphatic rings. The van der Waals surface area contributed by atoms with E-state index in [2.05, 4.69) is 53.3 Å². The predicted octanol–water partition coefficient (Wildman–Crippen LogP) is 5.42. The van der Waals surface area contributed by atoms with Crippen LogP contribution in [0.1, 0.15) is 16.7 Å². The summed E-state index contributed by atoms with van der Waals surface area (Å²) < 4.78 is 6.69. The molecule has 0 amide bonds. The highest BCUT2D eigenvalue weighted by atomic mass is 79.9. The molecule has 0 spiro atoms. The molecule has 0 saturated heterocycles. The van der Waals surface area contributed by atoms with Gasteiger partial charge in [-0.15, -0.1) is 0 Å². The highest BCUT2D eigenvalue weighted by Gasteiger charge is 2.07. The van der Waals surface area contributed by atoms with Gasteiger partial charge in [-0.1, -0.05) is 34.1 Å². The van der Waals surface area contributed by atoms with E-state index >= 15 is 0 Å². The summed E-state index contributed by atoms with van der Waals surface area (Å²) in [6.45, 7) is 5.00. The van der Waals surface area contributed by atoms with Crippen LogP contribution in [0.15, 0.2) is 51.6 Å². The summed E-state index contributed by atoms with van der Waals surface area (Å²) in [4.78, 5) is 0. The number of anilines is 1. The molecule has 2 aromatic carbocycles. The number of benzene rings is 2. The van der Waals surface area contributed by atoms with Crippen LogP contribution >= 0.6 is 15.9 Å². The molecule has 0 bridgehead atoms. The molecule has 0 unspecified atom stereocenters. The zero-order valence-corrected chi connectivity index (χ0v) is 13.1. The largest absolute Gasteiger partial charge is 0.464 e. The van der Waals surface area contributed by atoms with Crippen molar-refractivity contribution in [3.05, 3.63) is 63.8 Å². The van der Waals surface area contributed by atoms with Crippen molar-refractivity contribution in [3.8, 4) is 0 Å². The van der Waals surface area contributed by atoms with Gasteiger partial charge in [0.05, 0.1) is 6.26 Å². The highest BCUT2D eigenvalue weighted by Crippen LogP contribution is 2.27. The lowest BCUT2D eigenvalue weighted by molar-refractivity contribution is 0.611. The fraction of sp³-hybridized carbons (Fsp3) is 0.176. The monoisotopic (exact) mass is 329 g/mol. The topological polar surface area (TPSA) is 25.2 Å². The summed E-state index contributed by atoms with van der Waals surface area (Å²) in [7, 11) is 0. The summed E-state index contributed by atoms with van der Waals surface area (Å²) in [6.07, 6.45) is 1.83. The average Bonchev–Trinajstić information content (AvgIpc) is 2.81. The Morgan fingerprint density at radius 3 is 2.55 bits per heavy atom. The van der Waals surface area contributed by atoms with Crippen LogP contribution in [0, 0.1) is 13.8 Å². The van der Waals surface area contributed by atoms with Crippen molar-refractivity contribution in [2.45, 2.75) is 20.4 Å². The van der Waals surface area contributed by atoms with Gasteiger partial charge in [0.15, 0.2) is 0 Å². The second-order valence-electron chi connectivity index (χ2n) is 5.03. The molecule has 0 fully saturated rings. The Morgan fingerprint density at radius 1 is 1.10 bits per heavy atom. The maximum atomic E-state index is 5.57. The van der Waals surface area contributed by atoms with Gasteiger partial charge in [-0.25, -0.2) is 0 Å². The van der Waals surface area contributed by atoms with E-state index in [1.165, 1.54) is 27.8 Å². The SMILES string of the molecule is Cc1cc(Br)cc(C)c1NCc1coc2ccccc12. The van der Waals surface area contributed by atoms with E-state index in [9.17, 15) is 0 Å². The quantitative estimate of drug-likeness (QED) is 0.693. The smallest absolute Gasteiger partial charge is 0.134 e. The first-order valence-electron chi connectivity index (χ1n) is 6.61. The zero-order chi connectivity index (χ0) is 14.1. The van der Waals surface area contributed by atoms with Crippen molar-refractivity contribution in [3.63, 3.8) is 0 Å². The molecule has 0 aliphatic carbocycles. The van der Waals surface area contributed by atoms with E-state index in [0.29, 0.717) is 0 Å². The number of furan rings is 1. The molecule has 1 N–H and O–H groups in total. The lowest BCUT2D eigenvalue weighted by Gasteiger charge is -2.13. The van der Waals surface area contributed by atoms with E-state index in [0.717, 1.165) is 16.6 Å². The third-order valence-electron chi connectivity index (χ3n) is 3.51. The maximum absolute atomic E-state index is 5.57. The second-order valence-corrected chi connectivity index (χ2v) is 5.94. The molecule has 1 heterocycles. The zero-order valence-electron chi connectivity index (χ0n) is 11.5. The number of para-hydroxylation sites is 1. The van der Waals surface area contributed by atoms with Crippen molar-refractivity contribution < 1.29 is 4.42 Å². The Hall–Kier alpha value is -1.74. The first-order valence-corrected chi connectivity index (χ1v) is 7.40. The van der Waals surface area contributed by atoms with Gasteiger partial charge in [0.2, 0.25) is 0 Å². The molecular weight excluding hydrogens is 314 g/mol. The molecule has 0 saturated carbocycles. The number of halogens is 1. The van der Waals surface area contributed by atoms with Gasteiger partial charge in [0, 0.05) is 27.7 Å². The summed E-state index contributed by atoms with van der Waals surface area (Å²) in [5, 5.41) is 4.70. The van der Waals surface area contributed by atoms with E-state index in [1.54, 1.807) is 0 Å². The van der Waals surface area contributed by atoms with E-state index in [4.69, 9.17) is 4.42 Å². The molecular formula is C17H16BrNO. The first kappa shape index (κ1) is 13.3. The van der Waals surface area contributed by atoms with Crippen molar-refractivity contribution >= 4 is 32.6 Å². The van der Waals surface area contributed by atoms with E-state index in [-0.39, 0.29) is 0 Å². The highest BCUT2D eigenvalue weighted by molar-refractivity contribution is 9.10. The molecule has 102 valence electrons. The molecule has 2 nitrogen and oxygen atoms in total. The lowest BCUT2D eigenvalue weighted by atomic mass is 10.1. The minimum absolute atomic E-state index is 0.764. The van der Waals surface area contributed by atoms with Crippen LogP contribution in [0.3, 0.4) is 0 Å². The number of hydrogen-bond acceptors (Lipinski definition) is 2. The van der Waals surface area contributed by atoms with Crippen LogP contribution in [0.5, 0.6) is 0 Å². The van der Waals surface area contributed by atoms with Crippen LogP contribution in [-0.4, -0.2) is 0 Å². The Bertz CT molecular complexity index is 738. The molecule has 0 atom stereocenters. The van der Waals surface area contributed by atoms with Crippen LogP contribution in [0.25, 0.3) is 11.0 Å². The fourth-order valence-corrected chi connectivity index (χ4v) is 3.23. The molecule has 3 aromatic rings. The van der Waals surface area contributed by atoms with Crippen molar-refractivity contribution in [1.82, 2.24) is 0 Å². The third kappa shape index (κ3) is 2.46. The van der Waals surface area contributed by atoms with Gasteiger partial charge in [0.1, 0.15) is 5.58 Å². The normalized spacial score (nSPS) is 10.9. The number of rotatable bonds is 3. The van der Waals surface area contributed by atoms with Gasteiger partial charge < -0.3 is 9.73 Å². The number of aryl methyl sites for hydroxylation is 2. The van der Waals surface area contributed by atoms with E-state index in [1.807, 2.05) is 24.5 Å². The third-order valence-corrected chi connectivity index (χ3v) is 3.97. The molecule has 20 heavy (non-hydrogen) atoms. The number of fused-ring (bicyclic) bond motifs is 1. The molecule has 0 aliphatic heterocycles. The Labute approximate surface area is 126 Å². The summed E-state index contributed by atoms with van der Waals surface area (Å²) in [5.41, 5.74) is 5.80. The predicted molar refractivity (Wildman–Crippen MR) is 87.2 cm³/mol. The van der Waals surface area contributed by atoms with Gasteiger partial charge in [0.25, 0.3) is 0 Å². The second kappa shape index (κ2) is 5.33. The molecule has 3 rings (SSSR count). The van der Waals surface area contributed by atoms with Gasteiger partial charge in [-0.05, 0) is 43.2 Å². The molecule has 0 radical (unpaired) electrons. The number of hydrogen-bond donors (Lipinski definition) is 1. The minimum Gasteiger partial charge on any atom is -0.464 e.